The van der Waals surface area contributed by atoms with Gasteiger partial charge in [-0.1, -0.05) is 171 Å². The highest BCUT2D eigenvalue weighted by Gasteiger charge is 2.36. The average Bonchev–Trinajstić information content (AvgIpc) is 2.73. The van der Waals surface area contributed by atoms with Crippen molar-refractivity contribution in [3.63, 3.8) is 0 Å². The first-order valence-electron chi connectivity index (χ1n) is 14.0. The Bertz CT molecular complexity index is 712. The highest BCUT2D eigenvalue weighted by Crippen LogP contribution is 2.47. The standard InChI is InChI=1S/C16H26.C15H24.2C2H6/c1-15(2,3)14(16(4,5)6)12-13-10-8-7-9-11-13;1-14(2,3)13(15(4,5)6)12-10-8-7-9-11-12;2*1-2/h7-11,14H,12H2,1-6H3;7-11,13H,1-6H3;2*1-2H3. The van der Waals surface area contributed by atoms with Gasteiger partial charge in [-0.3, -0.25) is 0 Å². The molecule has 0 saturated heterocycles. The van der Waals surface area contributed by atoms with Crippen molar-refractivity contribution in [2.45, 2.75) is 123 Å². The van der Waals surface area contributed by atoms with Gasteiger partial charge < -0.3 is 0 Å². The first-order valence-corrected chi connectivity index (χ1v) is 14.0. The maximum absolute atomic E-state index is 2.35. The third-order valence-electron chi connectivity index (χ3n) is 6.24. The van der Waals surface area contributed by atoms with Crippen molar-refractivity contribution in [1.82, 2.24) is 0 Å². The molecule has 0 aromatic heterocycles. The van der Waals surface area contributed by atoms with E-state index in [2.05, 4.69) is 144 Å². The molecule has 0 N–H and O–H groups in total. The van der Waals surface area contributed by atoms with Crippen molar-refractivity contribution >= 4 is 0 Å². The smallest absolute Gasteiger partial charge is 0.00646 e. The van der Waals surface area contributed by atoms with Gasteiger partial charge in [0.1, 0.15) is 0 Å². The summed E-state index contributed by atoms with van der Waals surface area (Å²) in [5.74, 6) is 1.29. The zero-order valence-corrected chi connectivity index (χ0v) is 26.6. The van der Waals surface area contributed by atoms with Crippen LogP contribution in [0.5, 0.6) is 0 Å². The third-order valence-corrected chi connectivity index (χ3v) is 6.24. The molecule has 2 aromatic carbocycles. The lowest BCUT2D eigenvalue weighted by Crippen LogP contribution is -2.34. The lowest BCUT2D eigenvalue weighted by Gasteiger charge is -2.41. The molecular formula is C35H62. The molecular weight excluding hydrogens is 420 g/mol. The first kappa shape index (κ1) is 35.6. The monoisotopic (exact) mass is 482 g/mol. The fourth-order valence-corrected chi connectivity index (χ4v) is 5.71. The second-order valence-electron chi connectivity index (χ2n) is 13.6. The largest absolute Gasteiger partial charge is 0.0683 e. The van der Waals surface area contributed by atoms with Gasteiger partial charge in [0, 0.05) is 0 Å². The van der Waals surface area contributed by atoms with E-state index in [1.807, 2.05) is 27.7 Å². The van der Waals surface area contributed by atoms with Gasteiger partial charge in [0.15, 0.2) is 0 Å². The van der Waals surface area contributed by atoms with Crippen LogP contribution in [0, 0.1) is 27.6 Å². The lowest BCUT2D eigenvalue weighted by atomic mass is 9.64. The molecule has 0 atom stereocenters. The second kappa shape index (κ2) is 15.5. The van der Waals surface area contributed by atoms with Crippen LogP contribution in [-0.2, 0) is 6.42 Å². The second-order valence-corrected chi connectivity index (χ2v) is 13.6. The predicted octanol–water partition coefficient (Wildman–Crippen LogP) is 11.9. The van der Waals surface area contributed by atoms with Crippen molar-refractivity contribution in [3.8, 4) is 0 Å². The molecule has 0 saturated carbocycles. The molecule has 0 heteroatoms. The Labute approximate surface area is 222 Å². The Hall–Kier alpha value is -1.56. The lowest BCUT2D eigenvalue weighted by molar-refractivity contribution is 0.102. The molecule has 0 radical (unpaired) electrons. The van der Waals surface area contributed by atoms with Gasteiger partial charge in [-0.25, -0.2) is 0 Å². The fourth-order valence-electron chi connectivity index (χ4n) is 5.71. The highest BCUT2D eigenvalue weighted by molar-refractivity contribution is 5.23. The quantitative estimate of drug-likeness (QED) is 0.408. The Morgan fingerprint density at radius 1 is 0.457 bits per heavy atom. The van der Waals surface area contributed by atoms with Crippen LogP contribution in [0.2, 0.25) is 0 Å². The Morgan fingerprint density at radius 3 is 1.06 bits per heavy atom. The number of rotatable bonds is 3. The van der Waals surface area contributed by atoms with E-state index in [1.165, 1.54) is 17.5 Å². The molecule has 0 bridgehead atoms. The van der Waals surface area contributed by atoms with Gasteiger partial charge in [-0.15, -0.1) is 0 Å². The zero-order chi connectivity index (χ0) is 28.1. The van der Waals surface area contributed by atoms with Crippen molar-refractivity contribution in [2.75, 3.05) is 0 Å². The van der Waals surface area contributed by atoms with E-state index in [0.717, 1.165) is 0 Å². The maximum Gasteiger partial charge on any atom is -0.00646 e. The third kappa shape index (κ3) is 13.9. The first-order chi connectivity index (χ1) is 15.9. The Morgan fingerprint density at radius 2 is 0.771 bits per heavy atom. The normalized spacial score (nSPS) is 12.1. The van der Waals surface area contributed by atoms with Crippen LogP contribution in [-0.4, -0.2) is 0 Å². The van der Waals surface area contributed by atoms with Crippen LogP contribution in [0.4, 0.5) is 0 Å². The highest BCUT2D eigenvalue weighted by atomic mass is 14.4. The molecule has 2 rings (SSSR count). The van der Waals surface area contributed by atoms with Gasteiger partial charge in [0.25, 0.3) is 0 Å². The summed E-state index contributed by atoms with van der Waals surface area (Å²) in [6, 6.07) is 21.7. The summed E-state index contributed by atoms with van der Waals surface area (Å²) >= 11 is 0. The number of benzene rings is 2. The minimum Gasteiger partial charge on any atom is -0.0683 e. The van der Waals surface area contributed by atoms with Crippen LogP contribution in [0.1, 0.15) is 128 Å². The summed E-state index contributed by atoms with van der Waals surface area (Å²) in [4.78, 5) is 0. The summed E-state index contributed by atoms with van der Waals surface area (Å²) in [5.41, 5.74) is 4.23. The molecule has 0 spiro atoms. The Kier molecular flexibility index (Phi) is 15.8. The van der Waals surface area contributed by atoms with Crippen LogP contribution in [0.25, 0.3) is 0 Å². The van der Waals surface area contributed by atoms with Crippen molar-refractivity contribution in [1.29, 1.82) is 0 Å². The van der Waals surface area contributed by atoms with Crippen LogP contribution in [0.3, 0.4) is 0 Å². The van der Waals surface area contributed by atoms with Gasteiger partial charge >= 0.3 is 0 Å². The van der Waals surface area contributed by atoms with Gasteiger partial charge in [-0.05, 0) is 51.0 Å². The molecule has 0 heterocycles. The molecule has 0 aliphatic heterocycles. The molecule has 0 fully saturated rings. The van der Waals surface area contributed by atoms with Crippen molar-refractivity contribution in [3.05, 3.63) is 71.8 Å². The van der Waals surface area contributed by atoms with E-state index in [9.17, 15) is 0 Å². The maximum atomic E-state index is 2.35. The Balaban J connectivity index is 0. The molecule has 2 aromatic rings. The summed E-state index contributed by atoms with van der Waals surface area (Å²) in [6.45, 7) is 36.1. The van der Waals surface area contributed by atoms with E-state index in [4.69, 9.17) is 0 Å². The van der Waals surface area contributed by atoms with Crippen molar-refractivity contribution < 1.29 is 0 Å². The molecule has 0 nitrogen and oxygen atoms in total. The molecule has 35 heavy (non-hydrogen) atoms. The van der Waals surface area contributed by atoms with E-state index in [-0.39, 0.29) is 0 Å². The number of hydrogen-bond donors (Lipinski definition) is 0. The van der Waals surface area contributed by atoms with Crippen molar-refractivity contribution in [2.24, 2.45) is 27.6 Å². The van der Waals surface area contributed by atoms with E-state index in [0.29, 0.717) is 33.5 Å². The molecule has 0 aliphatic rings. The van der Waals surface area contributed by atoms with E-state index < -0.39 is 0 Å². The fraction of sp³-hybridized carbons (Fsp3) is 0.657. The molecule has 202 valence electrons. The van der Waals surface area contributed by atoms with Gasteiger partial charge in [-0.2, -0.15) is 0 Å². The van der Waals surface area contributed by atoms with Crippen LogP contribution >= 0.6 is 0 Å². The van der Waals surface area contributed by atoms with Crippen LogP contribution in [0.15, 0.2) is 60.7 Å². The summed E-state index contributed by atoms with van der Waals surface area (Å²) in [6.07, 6.45) is 1.17. The van der Waals surface area contributed by atoms with E-state index >= 15 is 0 Å². The molecule has 0 amide bonds. The summed E-state index contributed by atoms with van der Waals surface area (Å²) < 4.78 is 0. The van der Waals surface area contributed by atoms with E-state index in [1.54, 1.807) is 0 Å². The predicted molar refractivity (Wildman–Crippen MR) is 163 cm³/mol. The number of hydrogen-bond acceptors (Lipinski definition) is 0. The zero-order valence-electron chi connectivity index (χ0n) is 26.6. The van der Waals surface area contributed by atoms with Gasteiger partial charge in [0.2, 0.25) is 0 Å². The minimum atomic E-state index is 0.305. The van der Waals surface area contributed by atoms with Crippen LogP contribution < -0.4 is 0 Å². The summed E-state index contributed by atoms with van der Waals surface area (Å²) in [7, 11) is 0. The van der Waals surface area contributed by atoms with Gasteiger partial charge in [0.05, 0.1) is 0 Å². The average molecular weight is 483 g/mol. The summed E-state index contributed by atoms with van der Waals surface area (Å²) in [5, 5.41) is 0. The molecule has 0 unspecified atom stereocenters. The minimum absolute atomic E-state index is 0.305. The SMILES string of the molecule is CC.CC.CC(C)(C)C(Cc1ccccc1)C(C)(C)C.CC(C)(C)C(c1ccccc1)C(C)(C)C. The molecule has 0 aliphatic carbocycles. The topological polar surface area (TPSA) is 0 Å².